The van der Waals surface area contributed by atoms with Crippen molar-refractivity contribution in [1.29, 1.82) is 0 Å². The average Bonchev–Trinajstić information content (AvgIpc) is 2.63. The number of pyridine rings is 1. The Morgan fingerprint density at radius 1 is 1.28 bits per heavy atom. The Labute approximate surface area is 152 Å². The predicted octanol–water partition coefficient (Wildman–Crippen LogP) is 4.69. The molecule has 0 aliphatic carbocycles. The quantitative estimate of drug-likeness (QED) is 0.743. The standard InChI is InChI=1S/C20H23FN2OS/c1-14-5-7-23(8-6-14)20(24)17-10-16(11-22-12-17)13-25-18-3-4-19(21)15(2)9-18/h3-4,9-12,14H,5-8,13H2,1-2H3. The number of rotatable bonds is 4. The fourth-order valence-electron chi connectivity index (χ4n) is 2.95. The van der Waals surface area contributed by atoms with E-state index in [2.05, 4.69) is 11.9 Å². The maximum atomic E-state index is 13.3. The fourth-order valence-corrected chi connectivity index (χ4v) is 3.87. The Bertz CT molecular complexity index is 757. The van der Waals surface area contributed by atoms with Crippen LogP contribution in [0.25, 0.3) is 0 Å². The molecule has 1 aromatic carbocycles. The lowest BCUT2D eigenvalue weighted by Crippen LogP contribution is -2.37. The number of carbonyl (C=O) groups excluding carboxylic acids is 1. The highest BCUT2D eigenvalue weighted by Gasteiger charge is 2.21. The van der Waals surface area contributed by atoms with Crippen LogP contribution in [0.1, 0.15) is 41.3 Å². The molecule has 1 fully saturated rings. The van der Waals surface area contributed by atoms with E-state index in [1.54, 1.807) is 37.1 Å². The summed E-state index contributed by atoms with van der Waals surface area (Å²) in [6, 6.07) is 7.05. The third-order valence-corrected chi connectivity index (χ3v) is 5.71. The van der Waals surface area contributed by atoms with E-state index in [0.29, 0.717) is 22.8 Å². The van der Waals surface area contributed by atoms with E-state index >= 15 is 0 Å². The molecule has 2 aromatic rings. The number of piperidine rings is 1. The van der Waals surface area contributed by atoms with Crippen molar-refractivity contribution in [3.05, 3.63) is 59.2 Å². The van der Waals surface area contributed by atoms with Gasteiger partial charge in [0, 0.05) is 36.1 Å². The molecule has 3 nitrogen and oxygen atoms in total. The van der Waals surface area contributed by atoms with Gasteiger partial charge in [0.05, 0.1) is 5.56 Å². The molecule has 0 spiro atoms. The molecule has 1 amide bonds. The van der Waals surface area contributed by atoms with Crippen molar-refractivity contribution in [2.75, 3.05) is 13.1 Å². The first-order chi connectivity index (χ1) is 12.0. The number of aromatic nitrogens is 1. The molecule has 0 bridgehead atoms. The number of benzene rings is 1. The monoisotopic (exact) mass is 358 g/mol. The molecular formula is C20H23FN2OS. The van der Waals surface area contributed by atoms with Crippen molar-refractivity contribution < 1.29 is 9.18 Å². The number of nitrogens with zero attached hydrogens (tertiary/aromatic N) is 2. The van der Waals surface area contributed by atoms with Gasteiger partial charge in [0.1, 0.15) is 5.82 Å². The van der Waals surface area contributed by atoms with Crippen molar-refractivity contribution in [3.8, 4) is 0 Å². The molecule has 0 radical (unpaired) electrons. The zero-order chi connectivity index (χ0) is 17.8. The van der Waals surface area contributed by atoms with E-state index in [0.717, 1.165) is 36.4 Å². The van der Waals surface area contributed by atoms with Gasteiger partial charge in [-0.05, 0) is 61.1 Å². The number of thioether (sulfide) groups is 1. The Morgan fingerprint density at radius 3 is 2.76 bits per heavy atom. The average molecular weight is 358 g/mol. The molecule has 5 heteroatoms. The molecule has 132 valence electrons. The van der Waals surface area contributed by atoms with Gasteiger partial charge < -0.3 is 4.90 Å². The Kier molecular flexibility index (Phi) is 5.74. The summed E-state index contributed by atoms with van der Waals surface area (Å²) in [6.45, 7) is 5.65. The van der Waals surface area contributed by atoms with Crippen LogP contribution in [0, 0.1) is 18.7 Å². The van der Waals surface area contributed by atoms with Crippen LogP contribution >= 0.6 is 11.8 Å². The van der Waals surface area contributed by atoms with Gasteiger partial charge in [-0.2, -0.15) is 0 Å². The van der Waals surface area contributed by atoms with Crippen LogP contribution in [0.5, 0.6) is 0 Å². The van der Waals surface area contributed by atoms with Crippen molar-refractivity contribution in [1.82, 2.24) is 9.88 Å². The third kappa shape index (κ3) is 4.60. The van der Waals surface area contributed by atoms with Gasteiger partial charge in [-0.1, -0.05) is 6.92 Å². The Balaban J connectivity index is 1.64. The lowest BCUT2D eigenvalue weighted by molar-refractivity contribution is 0.0696. The first-order valence-electron chi connectivity index (χ1n) is 8.65. The first-order valence-corrected chi connectivity index (χ1v) is 9.63. The third-order valence-electron chi connectivity index (χ3n) is 4.65. The lowest BCUT2D eigenvalue weighted by atomic mass is 9.99. The largest absolute Gasteiger partial charge is 0.339 e. The summed E-state index contributed by atoms with van der Waals surface area (Å²) in [5.74, 6) is 1.29. The van der Waals surface area contributed by atoms with Crippen LogP contribution < -0.4 is 0 Å². The van der Waals surface area contributed by atoms with E-state index in [1.807, 2.05) is 17.0 Å². The van der Waals surface area contributed by atoms with Gasteiger partial charge in [0.2, 0.25) is 0 Å². The molecular weight excluding hydrogens is 335 g/mol. The molecule has 3 rings (SSSR count). The highest BCUT2D eigenvalue weighted by atomic mass is 32.2. The summed E-state index contributed by atoms with van der Waals surface area (Å²) < 4.78 is 13.3. The van der Waals surface area contributed by atoms with Crippen LogP contribution in [0.2, 0.25) is 0 Å². The number of aryl methyl sites for hydroxylation is 1. The normalized spacial score (nSPS) is 15.4. The van der Waals surface area contributed by atoms with Crippen LogP contribution in [0.4, 0.5) is 4.39 Å². The minimum absolute atomic E-state index is 0.0730. The van der Waals surface area contributed by atoms with Crippen LogP contribution in [-0.4, -0.2) is 28.9 Å². The van der Waals surface area contributed by atoms with Crippen molar-refractivity contribution in [3.63, 3.8) is 0 Å². The number of hydrogen-bond donors (Lipinski definition) is 0. The second kappa shape index (κ2) is 8.00. The molecule has 0 N–H and O–H groups in total. The second-order valence-electron chi connectivity index (χ2n) is 6.76. The van der Waals surface area contributed by atoms with Crippen molar-refractivity contribution in [2.24, 2.45) is 5.92 Å². The molecule has 1 aliphatic rings. The zero-order valence-electron chi connectivity index (χ0n) is 14.7. The molecule has 0 atom stereocenters. The molecule has 2 heterocycles. The summed E-state index contributed by atoms with van der Waals surface area (Å²) in [6.07, 6.45) is 5.58. The minimum Gasteiger partial charge on any atom is -0.339 e. The number of amides is 1. The lowest BCUT2D eigenvalue weighted by Gasteiger charge is -2.30. The smallest absolute Gasteiger partial charge is 0.255 e. The van der Waals surface area contributed by atoms with E-state index in [-0.39, 0.29) is 11.7 Å². The van der Waals surface area contributed by atoms with Gasteiger partial charge in [0.15, 0.2) is 0 Å². The Morgan fingerprint density at radius 2 is 2.04 bits per heavy atom. The summed E-state index contributed by atoms with van der Waals surface area (Å²) in [5.41, 5.74) is 2.30. The number of carbonyl (C=O) groups is 1. The van der Waals surface area contributed by atoms with Crippen molar-refractivity contribution in [2.45, 2.75) is 37.3 Å². The predicted molar refractivity (Wildman–Crippen MR) is 99.2 cm³/mol. The minimum atomic E-state index is -0.186. The fraction of sp³-hybridized carbons (Fsp3) is 0.400. The summed E-state index contributed by atoms with van der Waals surface area (Å²) in [7, 11) is 0. The van der Waals surface area contributed by atoms with Gasteiger partial charge in [-0.3, -0.25) is 9.78 Å². The van der Waals surface area contributed by atoms with Gasteiger partial charge in [-0.15, -0.1) is 11.8 Å². The summed E-state index contributed by atoms with van der Waals surface area (Å²) in [4.78, 5) is 19.8. The van der Waals surface area contributed by atoms with Crippen LogP contribution in [-0.2, 0) is 5.75 Å². The molecule has 0 unspecified atom stereocenters. The van der Waals surface area contributed by atoms with Gasteiger partial charge >= 0.3 is 0 Å². The van der Waals surface area contributed by atoms with E-state index < -0.39 is 0 Å². The number of halogens is 1. The highest BCUT2D eigenvalue weighted by molar-refractivity contribution is 7.98. The molecule has 1 saturated heterocycles. The van der Waals surface area contributed by atoms with Gasteiger partial charge in [0.25, 0.3) is 5.91 Å². The SMILES string of the molecule is Cc1cc(SCc2cncc(C(=O)N3CCC(C)CC3)c2)ccc1F. The van der Waals surface area contributed by atoms with E-state index in [1.165, 1.54) is 6.07 Å². The molecule has 0 saturated carbocycles. The number of hydrogen-bond acceptors (Lipinski definition) is 3. The zero-order valence-corrected chi connectivity index (χ0v) is 15.5. The molecule has 1 aromatic heterocycles. The first kappa shape index (κ1) is 17.9. The second-order valence-corrected chi connectivity index (χ2v) is 7.81. The summed E-state index contributed by atoms with van der Waals surface area (Å²) >= 11 is 1.62. The van der Waals surface area contributed by atoms with Crippen molar-refractivity contribution >= 4 is 17.7 Å². The number of likely N-dealkylation sites (tertiary alicyclic amines) is 1. The van der Waals surface area contributed by atoms with Crippen LogP contribution in [0.15, 0.2) is 41.6 Å². The maximum Gasteiger partial charge on any atom is 0.255 e. The molecule has 25 heavy (non-hydrogen) atoms. The van der Waals surface area contributed by atoms with E-state index in [4.69, 9.17) is 0 Å². The highest BCUT2D eigenvalue weighted by Crippen LogP contribution is 2.25. The summed E-state index contributed by atoms with van der Waals surface area (Å²) in [5, 5.41) is 0. The topological polar surface area (TPSA) is 33.2 Å². The maximum absolute atomic E-state index is 13.3. The van der Waals surface area contributed by atoms with E-state index in [9.17, 15) is 9.18 Å². The molecule has 1 aliphatic heterocycles. The Hall–Kier alpha value is -1.88. The van der Waals surface area contributed by atoms with Crippen LogP contribution in [0.3, 0.4) is 0 Å². The van der Waals surface area contributed by atoms with Gasteiger partial charge in [-0.25, -0.2) is 4.39 Å².